The maximum atomic E-state index is 4.51. The molecule has 4 nitrogen and oxygen atoms in total. The molecule has 0 saturated heterocycles. The van der Waals surface area contributed by atoms with E-state index in [1.54, 1.807) is 6.33 Å². The summed E-state index contributed by atoms with van der Waals surface area (Å²) in [6, 6.07) is 19.5. The van der Waals surface area contributed by atoms with Crippen LogP contribution in [0.4, 0.5) is 17.3 Å². The van der Waals surface area contributed by atoms with Crippen molar-refractivity contribution in [1.82, 2.24) is 9.97 Å². The molecule has 0 radical (unpaired) electrons. The monoisotopic (exact) mass is 330 g/mol. The van der Waals surface area contributed by atoms with Gasteiger partial charge >= 0.3 is 0 Å². The topological polar surface area (TPSA) is 41.0 Å². The predicted octanol–water partition coefficient (Wildman–Crippen LogP) is 4.48. The van der Waals surface area contributed by atoms with Crippen LogP contribution in [0.2, 0.25) is 0 Å². The molecule has 0 fully saturated rings. The third-order valence-electron chi connectivity index (χ3n) is 4.66. The molecule has 0 saturated carbocycles. The third-order valence-corrected chi connectivity index (χ3v) is 4.66. The molecule has 4 rings (SSSR count). The highest BCUT2D eigenvalue weighted by Crippen LogP contribution is 2.37. The van der Waals surface area contributed by atoms with Crippen molar-refractivity contribution < 1.29 is 0 Å². The Balaban J connectivity index is 1.56. The van der Waals surface area contributed by atoms with Crippen molar-refractivity contribution in [3.05, 3.63) is 77.6 Å². The second kappa shape index (κ2) is 6.55. The zero-order valence-electron chi connectivity index (χ0n) is 14.6. The summed E-state index contributed by atoms with van der Waals surface area (Å²) >= 11 is 0. The molecule has 3 aromatic rings. The van der Waals surface area contributed by atoms with E-state index in [9.17, 15) is 0 Å². The first-order chi connectivity index (χ1) is 12.2. The van der Waals surface area contributed by atoms with Crippen LogP contribution < -0.4 is 10.2 Å². The maximum absolute atomic E-state index is 4.51. The fraction of sp³-hybridized carbons (Fsp3) is 0.238. The first kappa shape index (κ1) is 15.6. The number of para-hydroxylation sites is 1. The number of nitrogens with zero attached hydrogens (tertiary/aromatic N) is 3. The van der Waals surface area contributed by atoms with Gasteiger partial charge in [0.2, 0.25) is 0 Å². The molecule has 0 bridgehead atoms. The van der Waals surface area contributed by atoms with Crippen molar-refractivity contribution in [3.63, 3.8) is 0 Å². The van der Waals surface area contributed by atoms with E-state index in [-0.39, 0.29) is 0 Å². The number of fused-ring (bicyclic) bond motifs is 1. The van der Waals surface area contributed by atoms with Crippen LogP contribution in [0.3, 0.4) is 0 Å². The molecule has 4 heteroatoms. The van der Waals surface area contributed by atoms with Crippen molar-refractivity contribution in [1.29, 1.82) is 0 Å². The molecule has 0 spiro atoms. The fourth-order valence-electron chi connectivity index (χ4n) is 3.50. The van der Waals surface area contributed by atoms with E-state index in [1.807, 2.05) is 6.07 Å². The number of hydrogen-bond acceptors (Lipinski definition) is 4. The minimum Gasteiger partial charge on any atom is -0.366 e. The predicted molar refractivity (Wildman–Crippen MR) is 102 cm³/mol. The molecule has 1 atom stereocenters. The van der Waals surface area contributed by atoms with Gasteiger partial charge in [-0.05, 0) is 37.5 Å². The molecule has 126 valence electrons. The average Bonchev–Trinajstić information content (AvgIpc) is 2.96. The van der Waals surface area contributed by atoms with E-state index in [2.05, 4.69) is 82.6 Å². The summed E-state index contributed by atoms with van der Waals surface area (Å²) in [6.07, 6.45) is 2.69. The average molecular weight is 330 g/mol. The lowest BCUT2D eigenvalue weighted by Crippen LogP contribution is -2.25. The second-order valence-corrected chi connectivity index (χ2v) is 6.66. The number of aromatic nitrogens is 2. The molecule has 0 aliphatic carbocycles. The summed E-state index contributed by atoms with van der Waals surface area (Å²) in [5.74, 6) is 1.79. The SMILES string of the molecule is Cc1cccc(CNc2cc(N3c4ccccc4CC3C)ncn2)c1. The lowest BCUT2D eigenvalue weighted by molar-refractivity contribution is 0.749. The van der Waals surface area contributed by atoms with Crippen molar-refractivity contribution >= 4 is 17.3 Å². The third kappa shape index (κ3) is 3.20. The van der Waals surface area contributed by atoms with Crippen molar-refractivity contribution in [2.45, 2.75) is 32.9 Å². The van der Waals surface area contributed by atoms with E-state index in [4.69, 9.17) is 0 Å². The summed E-state index contributed by atoms with van der Waals surface area (Å²) in [5.41, 5.74) is 5.14. The van der Waals surface area contributed by atoms with Crippen LogP contribution in [0, 0.1) is 6.92 Å². The van der Waals surface area contributed by atoms with Gasteiger partial charge in [-0.25, -0.2) is 9.97 Å². The highest BCUT2D eigenvalue weighted by Gasteiger charge is 2.27. The maximum Gasteiger partial charge on any atom is 0.138 e. The smallest absolute Gasteiger partial charge is 0.138 e. The molecular weight excluding hydrogens is 308 g/mol. The van der Waals surface area contributed by atoms with Crippen molar-refractivity contribution in [2.24, 2.45) is 0 Å². The summed E-state index contributed by atoms with van der Waals surface area (Å²) in [5, 5.41) is 3.41. The number of benzene rings is 2. The van der Waals surface area contributed by atoms with Crippen molar-refractivity contribution in [3.8, 4) is 0 Å². The molecule has 0 amide bonds. The molecular formula is C21H22N4. The quantitative estimate of drug-likeness (QED) is 0.766. The zero-order valence-corrected chi connectivity index (χ0v) is 14.6. The minimum atomic E-state index is 0.400. The first-order valence-corrected chi connectivity index (χ1v) is 8.69. The number of rotatable bonds is 4. The van der Waals surface area contributed by atoms with Crippen LogP contribution in [0.25, 0.3) is 0 Å². The Labute approximate surface area is 148 Å². The molecule has 1 aliphatic rings. The van der Waals surface area contributed by atoms with Gasteiger partial charge in [0.1, 0.15) is 18.0 Å². The van der Waals surface area contributed by atoms with Gasteiger partial charge in [-0.2, -0.15) is 0 Å². The van der Waals surface area contributed by atoms with Gasteiger partial charge in [-0.15, -0.1) is 0 Å². The molecule has 1 aromatic heterocycles. The van der Waals surface area contributed by atoms with Crippen LogP contribution in [0.15, 0.2) is 60.9 Å². The highest BCUT2D eigenvalue weighted by atomic mass is 15.2. The van der Waals surface area contributed by atoms with Crippen LogP contribution in [-0.4, -0.2) is 16.0 Å². The molecule has 2 aromatic carbocycles. The Hall–Kier alpha value is -2.88. The molecule has 2 heterocycles. The first-order valence-electron chi connectivity index (χ1n) is 8.69. The van der Waals surface area contributed by atoms with Crippen LogP contribution in [0.5, 0.6) is 0 Å². The number of nitrogens with one attached hydrogen (secondary N) is 1. The highest BCUT2D eigenvalue weighted by molar-refractivity contribution is 5.69. The van der Waals surface area contributed by atoms with Gasteiger partial charge in [0.15, 0.2) is 0 Å². The normalized spacial score (nSPS) is 15.9. The Morgan fingerprint density at radius 3 is 2.84 bits per heavy atom. The Kier molecular flexibility index (Phi) is 4.10. The molecule has 25 heavy (non-hydrogen) atoms. The molecule has 1 N–H and O–H groups in total. The summed E-state index contributed by atoms with van der Waals surface area (Å²) in [6.45, 7) is 5.10. The van der Waals surface area contributed by atoms with E-state index in [0.717, 1.165) is 24.6 Å². The van der Waals surface area contributed by atoms with Gasteiger partial charge in [0.25, 0.3) is 0 Å². The van der Waals surface area contributed by atoms with Crippen molar-refractivity contribution in [2.75, 3.05) is 10.2 Å². The fourth-order valence-corrected chi connectivity index (χ4v) is 3.50. The lowest BCUT2D eigenvalue weighted by atomic mass is 10.1. The van der Waals surface area contributed by atoms with Gasteiger partial charge < -0.3 is 10.2 Å². The van der Waals surface area contributed by atoms with Crippen LogP contribution >= 0.6 is 0 Å². The minimum absolute atomic E-state index is 0.400. The Morgan fingerprint density at radius 2 is 1.96 bits per heavy atom. The number of hydrogen-bond donors (Lipinski definition) is 1. The van der Waals surface area contributed by atoms with Gasteiger partial charge in [-0.1, -0.05) is 48.0 Å². The number of anilines is 3. The standard InChI is InChI=1S/C21H22N4/c1-15-6-5-7-17(10-15)13-22-20-12-21(24-14-23-20)25-16(2)11-18-8-3-4-9-19(18)25/h3-10,12,14,16H,11,13H2,1-2H3,(H,22,23,24). The molecule has 1 unspecified atom stereocenters. The number of aryl methyl sites for hydroxylation is 1. The van der Waals surface area contributed by atoms with E-state index in [1.165, 1.54) is 22.4 Å². The van der Waals surface area contributed by atoms with E-state index in [0.29, 0.717) is 6.04 Å². The van der Waals surface area contributed by atoms with Crippen LogP contribution in [-0.2, 0) is 13.0 Å². The van der Waals surface area contributed by atoms with Gasteiger partial charge in [0, 0.05) is 24.3 Å². The Morgan fingerprint density at radius 1 is 1.08 bits per heavy atom. The van der Waals surface area contributed by atoms with Gasteiger partial charge in [-0.3, -0.25) is 0 Å². The summed E-state index contributed by atoms with van der Waals surface area (Å²) < 4.78 is 0. The Bertz CT molecular complexity index is 890. The largest absolute Gasteiger partial charge is 0.366 e. The van der Waals surface area contributed by atoms with E-state index >= 15 is 0 Å². The second-order valence-electron chi connectivity index (χ2n) is 6.66. The summed E-state index contributed by atoms with van der Waals surface area (Å²) in [4.78, 5) is 11.2. The van der Waals surface area contributed by atoms with Crippen LogP contribution in [0.1, 0.15) is 23.6 Å². The summed E-state index contributed by atoms with van der Waals surface area (Å²) in [7, 11) is 0. The zero-order chi connectivity index (χ0) is 17.2. The molecule has 1 aliphatic heterocycles. The van der Waals surface area contributed by atoms with Gasteiger partial charge in [0.05, 0.1) is 0 Å². The van der Waals surface area contributed by atoms with E-state index < -0.39 is 0 Å². The lowest BCUT2D eigenvalue weighted by Gasteiger charge is -2.24.